The topological polar surface area (TPSA) is 83.0 Å². The highest BCUT2D eigenvalue weighted by Gasteiger charge is 2.18. The Morgan fingerprint density at radius 3 is 2.42 bits per heavy atom. The summed E-state index contributed by atoms with van der Waals surface area (Å²) in [6, 6.07) is 19.3. The molecular formula is C24H22N4O3. The Labute approximate surface area is 180 Å². The van der Waals surface area contributed by atoms with Gasteiger partial charge in [0.1, 0.15) is 0 Å². The zero-order chi connectivity index (χ0) is 21.8. The van der Waals surface area contributed by atoms with E-state index in [4.69, 9.17) is 9.15 Å². The molecule has 2 aromatic heterocycles. The Morgan fingerprint density at radius 2 is 1.71 bits per heavy atom. The third-order valence-electron chi connectivity index (χ3n) is 4.84. The Morgan fingerprint density at radius 1 is 1.03 bits per heavy atom. The van der Waals surface area contributed by atoms with Crippen molar-refractivity contribution < 1.29 is 13.9 Å². The molecule has 0 N–H and O–H groups in total. The molecule has 156 valence electrons. The molecule has 31 heavy (non-hydrogen) atoms. The fourth-order valence-electron chi connectivity index (χ4n) is 3.23. The summed E-state index contributed by atoms with van der Waals surface area (Å²) in [7, 11) is 0. The maximum absolute atomic E-state index is 12.4. The lowest BCUT2D eigenvalue weighted by atomic mass is 10.2. The Balaban J connectivity index is 1.45. The highest BCUT2D eigenvalue weighted by molar-refractivity contribution is 5.87. The molecule has 0 bridgehead atoms. The van der Waals surface area contributed by atoms with Crippen LogP contribution in [0.2, 0.25) is 0 Å². The summed E-state index contributed by atoms with van der Waals surface area (Å²) in [5, 5.41) is 12.6. The van der Waals surface area contributed by atoms with Gasteiger partial charge in [-0.2, -0.15) is 5.10 Å². The quantitative estimate of drug-likeness (QED) is 0.331. The highest BCUT2D eigenvalue weighted by atomic mass is 16.6. The maximum Gasteiger partial charge on any atom is 0.331 e. The summed E-state index contributed by atoms with van der Waals surface area (Å²) >= 11 is 0. The van der Waals surface area contributed by atoms with E-state index in [0.29, 0.717) is 5.89 Å². The van der Waals surface area contributed by atoms with Crippen LogP contribution in [-0.4, -0.2) is 25.9 Å². The van der Waals surface area contributed by atoms with Crippen molar-refractivity contribution >= 4 is 12.0 Å². The second kappa shape index (κ2) is 8.79. The zero-order valence-corrected chi connectivity index (χ0v) is 17.5. The molecule has 0 aliphatic rings. The molecule has 0 radical (unpaired) electrons. The van der Waals surface area contributed by atoms with Crippen LogP contribution in [0.15, 0.2) is 71.2 Å². The largest absolute Gasteiger partial charge is 0.449 e. The number of hydrogen-bond donors (Lipinski definition) is 0. The van der Waals surface area contributed by atoms with Crippen molar-refractivity contribution in [3.8, 4) is 17.1 Å². The average Bonchev–Trinajstić information content (AvgIpc) is 3.39. The van der Waals surface area contributed by atoms with E-state index in [-0.39, 0.29) is 5.89 Å². The average molecular weight is 414 g/mol. The first-order chi connectivity index (χ1) is 15.0. The predicted octanol–water partition coefficient (Wildman–Crippen LogP) is 4.86. The summed E-state index contributed by atoms with van der Waals surface area (Å²) in [4.78, 5) is 12.4. The van der Waals surface area contributed by atoms with Crippen LogP contribution < -0.4 is 0 Å². The predicted molar refractivity (Wildman–Crippen MR) is 116 cm³/mol. The van der Waals surface area contributed by atoms with Crippen LogP contribution in [0.5, 0.6) is 0 Å². The standard InChI is InChI=1S/C24H22N4O3/c1-16-21(17(2)28(27-16)20-12-8-5-9-13-20)14-15-22(29)30-18(3)23-25-26-24(31-23)19-10-6-4-7-11-19/h4-15,18H,1-3H3/b15-14+/t18-/m1/s1. The van der Waals surface area contributed by atoms with E-state index in [1.54, 1.807) is 13.0 Å². The van der Waals surface area contributed by atoms with Gasteiger partial charge in [0, 0.05) is 22.9 Å². The Bertz CT molecular complexity index is 1210. The molecule has 0 saturated heterocycles. The smallest absolute Gasteiger partial charge is 0.331 e. The number of ether oxygens (including phenoxy) is 1. The van der Waals surface area contributed by atoms with Crippen molar-refractivity contribution in [2.75, 3.05) is 0 Å². The molecule has 4 rings (SSSR count). The van der Waals surface area contributed by atoms with Crippen LogP contribution in [0, 0.1) is 13.8 Å². The van der Waals surface area contributed by atoms with Gasteiger partial charge in [-0.3, -0.25) is 0 Å². The highest BCUT2D eigenvalue weighted by Crippen LogP contribution is 2.23. The molecule has 2 heterocycles. The molecule has 0 aliphatic carbocycles. The lowest BCUT2D eigenvalue weighted by molar-refractivity contribution is -0.143. The molecule has 0 spiro atoms. The first-order valence-electron chi connectivity index (χ1n) is 9.92. The molecule has 4 aromatic rings. The summed E-state index contributed by atoms with van der Waals surface area (Å²) in [5.74, 6) is 0.122. The number of carbonyl (C=O) groups is 1. The van der Waals surface area contributed by atoms with Crippen molar-refractivity contribution in [1.82, 2.24) is 20.0 Å². The van der Waals surface area contributed by atoms with E-state index in [1.165, 1.54) is 6.08 Å². The number of hydrogen-bond acceptors (Lipinski definition) is 6. The van der Waals surface area contributed by atoms with Gasteiger partial charge in [-0.1, -0.05) is 36.4 Å². The van der Waals surface area contributed by atoms with Crippen molar-refractivity contribution in [3.63, 3.8) is 0 Å². The normalized spacial score (nSPS) is 12.2. The summed E-state index contributed by atoms with van der Waals surface area (Å²) in [6.45, 7) is 5.56. The van der Waals surface area contributed by atoms with Crippen LogP contribution >= 0.6 is 0 Å². The fraction of sp³-hybridized carbons (Fsp3) is 0.167. The first kappa shape index (κ1) is 20.3. The van der Waals surface area contributed by atoms with Gasteiger partial charge in [0.2, 0.25) is 5.89 Å². The lowest BCUT2D eigenvalue weighted by Gasteiger charge is -2.07. The van der Waals surface area contributed by atoms with Crippen LogP contribution in [-0.2, 0) is 9.53 Å². The van der Waals surface area contributed by atoms with Crippen molar-refractivity contribution in [3.05, 3.63) is 89.6 Å². The molecule has 7 heteroatoms. The van der Waals surface area contributed by atoms with Gasteiger partial charge in [-0.05, 0) is 51.1 Å². The number of rotatable bonds is 6. The number of para-hydroxylation sites is 1. The fourth-order valence-corrected chi connectivity index (χ4v) is 3.23. The van der Waals surface area contributed by atoms with Crippen LogP contribution in [0.1, 0.15) is 35.9 Å². The monoisotopic (exact) mass is 414 g/mol. The van der Waals surface area contributed by atoms with Gasteiger partial charge in [-0.15, -0.1) is 10.2 Å². The number of aryl methyl sites for hydroxylation is 1. The minimum absolute atomic E-state index is 0.241. The second-order valence-electron chi connectivity index (χ2n) is 7.06. The van der Waals surface area contributed by atoms with Crippen molar-refractivity contribution in [2.24, 2.45) is 0 Å². The third kappa shape index (κ3) is 4.45. The van der Waals surface area contributed by atoms with E-state index >= 15 is 0 Å². The molecule has 1 atom stereocenters. The molecule has 0 fully saturated rings. The van der Waals surface area contributed by atoms with E-state index < -0.39 is 12.1 Å². The van der Waals surface area contributed by atoms with E-state index in [0.717, 1.165) is 28.2 Å². The van der Waals surface area contributed by atoms with Gasteiger partial charge >= 0.3 is 5.97 Å². The molecular weight excluding hydrogens is 392 g/mol. The molecule has 7 nitrogen and oxygen atoms in total. The van der Waals surface area contributed by atoms with Crippen molar-refractivity contribution in [2.45, 2.75) is 26.9 Å². The molecule has 2 aromatic carbocycles. The van der Waals surface area contributed by atoms with Gasteiger partial charge in [0.25, 0.3) is 5.89 Å². The minimum Gasteiger partial charge on any atom is -0.449 e. The Hall–Kier alpha value is -4.00. The number of carbonyl (C=O) groups excluding carboxylic acids is 1. The first-order valence-corrected chi connectivity index (χ1v) is 9.92. The summed E-state index contributed by atoms with van der Waals surface area (Å²) in [6.07, 6.45) is 2.43. The number of nitrogens with zero attached hydrogens (tertiary/aromatic N) is 4. The number of esters is 1. The van der Waals surface area contributed by atoms with E-state index in [2.05, 4.69) is 15.3 Å². The van der Waals surface area contributed by atoms with Crippen LogP contribution in [0.25, 0.3) is 23.2 Å². The van der Waals surface area contributed by atoms with Gasteiger partial charge in [0.05, 0.1) is 11.4 Å². The van der Waals surface area contributed by atoms with Gasteiger partial charge in [0.15, 0.2) is 6.10 Å². The number of benzene rings is 2. The SMILES string of the molecule is Cc1nn(-c2ccccc2)c(C)c1/C=C/C(=O)O[C@H](C)c1nnc(-c2ccccc2)o1. The second-order valence-corrected chi connectivity index (χ2v) is 7.06. The number of aromatic nitrogens is 4. The summed E-state index contributed by atoms with van der Waals surface area (Å²) in [5.41, 5.74) is 4.40. The Kier molecular flexibility index (Phi) is 5.75. The third-order valence-corrected chi connectivity index (χ3v) is 4.84. The zero-order valence-electron chi connectivity index (χ0n) is 17.5. The van der Waals surface area contributed by atoms with Gasteiger partial charge in [-0.25, -0.2) is 9.48 Å². The van der Waals surface area contributed by atoms with Gasteiger partial charge < -0.3 is 9.15 Å². The molecule has 0 aliphatic heterocycles. The van der Waals surface area contributed by atoms with Crippen LogP contribution in [0.4, 0.5) is 0 Å². The van der Waals surface area contributed by atoms with E-state index in [1.807, 2.05) is 79.2 Å². The minimum atomic E-state index is -0.670. The van der Waals surface area contributed by atoms with Crippen LogP contribution in [0.3, 0.4) is 0 Å². The molecule has 0 saturated carbocycles. The van der Waals surface area contributed by atoms with Crippen molar-refractivity contribution in [1.29, 1.82) is 0 Å². The molecule has 0 amide bonds. The molecule has 0 unspecified atom stereocenters. The van der Waals surface area contributed by atoms with E-state index in [9.17, 15) is 4.79 Å². The summed E-state index contributed by atoms with van der Waals surface area (Å²) < 4.78 is 12.9. The maximum atomic E-state index is 12.4. The lowest BCUT2D eigenvalue weighted by Crippen LogP contribution is -2.06.